The lowest BCUT2D eigenvalue weighted by Gasteiger charge is -2.09. The molecule has 0 atom stereocenters. The largest absolute Gasteiger partial charge is 0.273 e. The van der Waals surface area contributed by atoms with Crippen LogP contribution in [0.1, 0.15) is 22.3 Å². The molecule has 9 heteroatoms. The van der Waals surface area contributed by atoms with Crippen molar-refractivity contribution in [1.82, 2.24) is 15.6 Å². The van der Waals surface area contributed by atoms with Crippen LogP contribution in [0.3, 0.4) is 0 Å². The monoisotopic (exact) mass is 395 g/mol. The number of benzene rings is 2. The standard InChI is InChI=1S/C17H18ClN3O4S/c1-12-6-8-13(9-7-12)26(24,25)19-11-10-16(22)20-21-17(23)14-4-2-3-5-15(14)18/h2-9,19H,10-11H2,1H3,(H,20,22)(H,21,23). The molecule has 26 heavy (non-hydrogen) atoms. The summed E-state index contributed by atoms with van der Waals surface area (Å²) in [6, 6.07) is 12.7. The van der Waals surface area contributed by atoms with Crippen molar-refractivity contribution >= 4 is 33.4 Å². The zero-order chi connectivity index (χ0) is 19.2. The van der Waals surface area contributed by atoms with Gasteiger partial charge in [-0.2, -0.15) is 0 Å². The third-order valence-corrected chi connectivity index (χ3v) is 5.22. The summed E-state index contributed by atoms with van der Waals surface area (Å²) >= 11 is 5.89. The van der Waals surface area contributed by atoms with Crippen LogP contribution in [0.2, 0.25) is 5.02 Å². The molecule has 0 aliphatic rings. The molecule has 2 rings (SSSR count). The summed E-state index contributed by atoms with van der Waals surface area (Å²) in [6.07, 6.45) is -0.145. The Bertz CT molecular complexity index is 898. The van der Waals surface area contributed by atoms with Crippen LogP contribution in [0.4, 0.5) is 0 Å². The van der Waals surface area contributed by atoms with E-state index in [1.165, 1.54) is 18.2 Å². The molecule has 0 aliphatic heterocycles. The smallest absolute Gasteiger partial charge is 0.271 e. The second-order valence-electron chi connectivity index (χ2n) is 5.44. The number of nitrogens with one attached hydrogen (secondary N) is 3. The lowest BCUT2D eigenvalue weighted by atomic mass is 10.2. The van der Waals surface area contributed by atoms with Gasteiger partial charge in [-0.3, -0.25) is 20.4 Å². The van der Waals surface area contributed by atoms with Crippen LogP contribution in [-0.2, 0) is 14.8 Å². The van der Waals surface area contributed by atoms with Crippen LogP contribution in [-0.4, -0.2) is 26.8 Å². The van der Waals surface area contributed by atoms with Gasteiger partial charge < -0.3 is 0 Å². The Morgan fingerprint density at radius 2 is 1.65 bits per heavy atom. The minimum atomic E-state index is -3.69. The number of hydrogen-bond acceptors (Lipinski definition) is 4. The van der Waals surface area contributed by atoms with E-state index in [9.17, 15) is 18.0 Å². The van der Waals surface area contributed by atoms with Gasteiger partial charge in [0.25, 0.3) is 5.91 Å². The molecule has 2 aromatic carbocycles. The Morgan fingerprint density at radius 1 is 1.00 bits per heavy atom. The minimum absolute atomic E-state index is 0.107. The molecule has 0 aromatic heterocycles. The van der Waals surface area contributed by atoms with Gasteiger partial charge in [-0.05, 0) is 31.2 Å². The van der Waals surface area contributed by atoms with Gasteiger partial charge in [0.05, 0.1) is 15.5 Å². The maximum absolute atomic E-state index is 12.1. The van der Waals surface area contributed by atoms with Crippen LogP contribution in [0.5, 0.6) is 0 Å². The number of aryl methyl sites for hydroxylation is 1. The Hall–Kier alpha value is -2.42. The van der Waals surface area contributed by atoms with Crippen molar-refractivity contribution in [3.63, 3.8) is 0 Å². The van der Waals surface area contributed by atoms with E-state index in [1.54, 1.807) is 30.3 Å². The Morgan fingerprint density at radius 3 is 2.31 bits per heavy atom. The van der Waals surface area contributed by atoms with Gasteiger partial charge in [0.1, 0.15) is 0 Å². The molecule has 0 unspecified atom stereocenters. The summed E-state index contributed by atoms with van der Waals surface area (Å²) < 4.78 is 26.5. The molecule has 3 N–H and O–H groups in total. The number of rotatable bonds is 6. The summed E-state index contributed by atoms with van der Waals surface area (Å²) in [7, 11) is -3.69. The van der Waals surface area contributed by atoms with Crippen molar-refractivity contribution in [2.75, 3.05) is 6.54 Å². The van der Waals surface area contributed by atoms with Crippen molar-refractivity contribution in [3.8, 4) is 0 Å². The van der Waals surface area contributed by atoms with Gasteiger partial charge in [0, 0.05) is 13.0 Å². The second-order valence-corrected chi connectivity index (χ2v) is 7.62. The van der Waals surface area contributed by atoms with Gasteiger partial charge in [-0.1, -0.05) is 41.4 Å². The van der Waals surface area contributed by atoms with Gasteiger partial charge in [-0.25, -0.2) is 13.1 Å². The number of hydrogen-bond donors (Lipinski definition) is 3. The molecule has 2 amide bonds. The van der Waals surface area contributed by atoms with Gasteiger partial charge in [0.15, 0.2) is 0 Å². The van der Waals surface area contributed by atoms with Gasteiger partial charge in [0.2, 0.25) is 15.9 Å². The van der Waals surface area contributed by atoms with Crippen LogP contribution >= 0.6 is 11.6 Å². The predicted molar refractivity (Wildman–Crippen MR) is 98.0 cm³/mol. The normalized spacial score (nSPS) is 11.0. The minimum Gasteiger partial charge on any atom is -0.273 e. The number of carbonyl (C=O) groups excluding carboxylic acids is 2. The Labute approximate surface area is 156 Å². The molecular formula is C17H18ClN3O4S. The molecule has 0 fully saturated rings. The second kappa shape index (κ2) is 8.79. The fourth-order valence-electron chi connectivity index (χ4n) is 2.00. The summed E-state index contributed by atoms with van der Waals surface area (Å²) in [5.74, 6) is -1.11. The van der Waals surface area contributed by atoms with E-state index in [1.807, 2.05) is 6.92 Å². The molecule has 0 heterocycles. The summed E-state index contributed by atoms with van der Waals surface area (Å²) in [5, 5.41) is 0.255. The van der Waals surface area contributed by atoms with Crippen LogP contribution in [0.25, 0.3) is 0 Å². The average Bonchev–Trinajstić information content (AvgIpc) is 2.60. The molecule has 0 saturated heterocycles. The summed E-state index contributed by atoms with van der Waals surface area (Å²) in [5.41, 5.74) is 5.59. The first-order valence-corrected chi connectivity index (χ1v) is 9.56. The molecule has 0 bridgehead atoms. The van der Waals surface area contributed by atoms with Gasteiger partial charge in [-0.15, -0.1) is 0 Å². The van der Waals surface area contributed by atoms with Crippen molar-refractivity contribution in [3.05, 3.63) is 64.7 Å². The fraction of sp³-hybridized carbons (Fsp3) is 0.176. The first-order chi connectivity index (χ1) is 12.3. The predicted octanol–water partition coefficient (Wildman–Crippen LogP) is 1.78. The van der Waals surface area contributed by atoms with E-state index in [0.29, 0.717) is 0 Å². The van der Waals surface area contributed by atoms with E-state index in [2.05, 4.69) is 15.6 Å². The third kappa shape index (κ3) is 5.55. The molecule has 7 nitrogen and oxygen atoms in total. The molecule has 2 aromatic rings. The average molecular weight is 396 g/mol. The Balaban J connectivity index is 1.79. The first-order valence-electron chi connectivity index (χ1n) is 7.69. The number of amides is 2. The quantitative estimate of drug-likeness (QED) is 0.648. The van der Waals surface area contributed by atoms with E-state index in [-0.39, 0.29) is 28.4 Å². The highest BCUT2D eigenvalue weighted by Crippen LogP contribution is 2.14. The lowest BCUT2D eigenvalue weighted by molar-refractivity contribution is -0.121. The fourth-order valence-corrected chi connectivity index (χ4v) is 3.25. The number of hydrazine groups is 1. The number of carbonyl (C=O) groups is 2. The van der Waals surface area contributed by atoms with E-state index < -0.39 is 21.8 Å². The molecule has 0 spiro atoms. The summed E-state index contributed by atoms with van der Waals surface area (Å²) in [4.78, 5) is 23.8. The maximum Gasteiger partial charge on any atom is 0.271 e. The zero-order valence-electron chi connectivity index (χ0n) is 14.0. The number of sulfonamides is 1. The van der Waals surface area contributed by atoms with Crippen LogP contribution in [0, 0.1) is 6.92 Å². The lowest BCUT2D eigenvalue weighted by Crippen LogP contribution is -2.42. The SMILES string of the molecule is Cc1ccc(S(=O)(=O)NCCC(=O)NNC(=O)c2ccccc2Cl)cc1. The van der Waals surface area contributed by atoms with Crippen LogP contribution in [0.15, 0.2) is 53.4 Å². The highest BCUT2D eigenvalue weighted by Gasteiger charge is 2.14. The van der Waals surface area contributed by atoms with Gasteiger partial charge >= 0.3 is 0 Å². The highest BCUT2D eigenvalue weighted by atomic mass is 35.5. The molecule has 138 valence electrons. The topological polar surface area (TPSA) is 104 Å². The molecular weight excluding hydrogens is 378 g/mol. The van der Waals surface area contributed by atoms with E-state index >= 15 is 0 Å². The van der Waals surface area contributed by atoms with Crippen molar-refractivity contribution < 1.29 is 18.0 Å². The van der Waals surface area contributed by atoms with Crippen molar-refractivity contribution in [2.24, 2.45) is 0 Å². The van der Waals surface area contributed by atoms with Crippen molar-refractivity contribution in [1.29, 1.82) is 0 Å². The zero-order valence-corrected chi connectivity index (χ0v) is 15.5. The molecule has 0 aliphatic carbocycles. The summed E-state index contributed by atoms with van der Waals surface area (Å²) in [6.45, 7) is 1.75. The Kier molecular flexibility index (Phi) is 6.73. The van der Waals surface area contributed by atoms with Crippen molar-refractivity contribution in [2.45, 2.75) is 18.2 Å². The van der Waals surface area contributed by atoms with Crippen LogP contribution < -0.4 is 15.6 Å². The third-order valence-electron chi connectivity index (χ3n) is 3.41. The van der Waals surface area contributed by atoms with E-state index in [4.69, 9.17) is 11.6 Å². The maximum atomic E-state index is 12.1. The first kappa shape index (κ1) is 19.9. The molecule has 0 saturated carbocycles. The highest BCUT2D eigenvalue weighted by molar-refractivity contribution is 7.89. The van der Waals surface area contributed by atoms with E-state index in [0.717, 1.165) is 5.56 Å². The molecule has 0 radical (unpaired) electrons. The number of halogens is 1.